The van der Waals surface area contributed by atoms with Crippen molar-refractivity contribution in [3.05, 3.63) is 0 Å². The van der Waals surface area contributed by atoms with Crippen LogP contribution >= 0.6 is 0 Å². The SMILES string of the molecule is OC1CCC([C@H]2CCNC2)CC1. The zero-order valence-electron chi connectivity index (χ0n) is 7.63. The van der Waals surface area contributed by atoms with E-state index in [2.05, 4.69) is 5.32 Å². The van der Waals surface area contributed by atoms with Gasteiger partial charge in [0.05, 0.1) is 6.10 Å². The molecule has 1 saturated heterocycles. The Morgan fingerprint density at radius 1 is 0.917 bits per heavy atom. The third kappa shape index (κ3) is 1.80. The number of aliphatic hydroxyl groups excluding tert-OH is 1. The Hall–Kier alpha value is -0.0800. The molecule has 0 spiro atoms. The number of aliphatic hydroxyl groups is 1. The second-order valence-electron chi connectivity index (χ2n) is 4.32. The Labute approximate surface area is 74.4 Å². The van der Waals surface area contributed by atoms with E-state index in [0.29, 0.717) is 0 Å². The van der Waals surface area contributed by atoms with E-state index in [1.165, 1.54) is 32.4 Å². The second-order valence-corrected chi connectivity index (χ2v) is 4.32. The molecule has 0 bridgehead atoms. The first kappa shape index (κ1) is 8.52. The summed E-state index contributed by atoms with van der Waals surface area (Å²) in [6.07, 6.45) is 5.97. The highest BCUT2D eigenvalue weighted by molar-refractivity contribution is 4.82. The lowest BCUT2D eigenvalue weighted by Gasteiger charge is -2.29. The summed E-state index contributed by atoms with van der Waals surface area (Å²) in [5.41, 5.74) is 0. The quantitative estimate of drug-likeness (QED) is 0.617. The van der Waals surface area contributed by atoms with E-state index in [9.17, 15) is 5.11 Å². The summed E-state index contributed by atoms with van der Waals surface area (Å²) in [6.45, 7) is 2.44. The highest BCUT2D eigenvalue weighted by Crippen LogP contribution is 2.32. The molecule has 2 rings (SSSR count). The average molecular weight is 169 g/mol. The largest absolute Gasteiger partial charge is 0.393 e. The summed E-state index contributed by atoms with van der Waals surface area (Å²) in [5.74, 6) is 1.82. The zero-order valence-corrected chi connectivity index (χ0v) is 7.63. The summed E-state index contributed by atoms with van der Waals surface area (Å²) < 4.78 is 0. The van der Waals surface area contributed by atoms with Crippen LogP contribution in [0.25, 0.3) is 0 Å². The molecule has 0 aromatic rings. The van der Waals surface area contributed by atoms with Gasteiger partial charge in [0.2, 0.25) is 0 Å². The first-order valence-electron chi connectivity index (χ1n) is 5.25. The molecule has 2 fully saturated rings. The maximum absolute atomic E-state index is 9.35. The fraction of sp³-hybridized carbons (Fsp3) is 1.00. The lowest BCUT2D eigenvalue weighted by molar-refractivity contribution is 0.0938. The third-order valence-corrected chi connectivity index (χ3v) is 3.51. The van der Waals surface area contributed by atoms with Crippen LogP contribution in [0, 0.1) is 11.8 Å². The number of rotatable bonds is 1. The fourth-order valence-electron chi connectivity index (χ4n) is 2.65. The van der Waals surface area contributed by atoms with Crippen molar-refractivity contribution in [3.63, 3.8) is 0 Å². The van der Waals surface area contributed by atoms with E-state index >= 15 is 0 Å². The van der Waals surface area contributed by atoms with E-state index in [4.69, 9.17) is 0 Å². The Morgan fingerprint density at radius 3 is 2.25 bits per heavy atom. The maximum atomic E-state index is 9.35. The standard InChI is InChI=1S/C10H19NO/c12-10-3-1-8(2-4-10)9-5-6-11-7-9/h8-12H,1-7H2/t8?,9-,10?/m0/s1. The molecule has 0 unspecified atom stereocenters. The highest BCUT2D eigenvalue weighted by atomic mass is 16.3. The summed E-state index contributed by atoms with van der Waals surface area (Å²) in [6, 6.07) is 0. The summed E-state index contributed by atoms with van der Waals surface area (Å²) in [7, 11) is 0. The topological polar surface area (TPSA) is 32.3 Å². The summed E-state index contributed by atoms with van der Waals surface area (Å²) in [4.78, 5) is 0. The zero-order chi connectivity index (χ0) is 8.39. The molecule has 1 saturated carbocycles. The van der Waals surface area contributed by atoms with Crippen LogP contribution in [0.3, 0.4) is 0 Å². The van der Waals surface area contributed by atoms with Crippen molar-refractivity contribution in [1.82, 2.24) is 5.32 Å². The van der Waals surface area contributed by atoms with Crippen molar-refractivity contribution in [2.24, 2.45) is 11.8 Å². The van der Waals surface area contributed by atoms with Gasteiger partial charge >= 0.3 is 0 Å². The van der Waals surface area contributed by atoms with Gasteiger partial charge in [-0.2, -0.15) is 0 Å². The normalized spacial score (nSPS) is 43.2. The van der Waals surface area contributed by atoms with E-state index in [0.717, 1.165) is 24.7 Å². The maximum Gasteiger partial charge on any atom is 0.0540 e. The molecule has 0 aromatic carbocycles. The van der Waals surface area contributed by atoms with Crippen molar-refractivity contribution in [3.8, 4) is 0 Å². The van der Waals surface area contributed by atoms with Gasteiger partial charge in [-0.25, -0.2) is 0 Å². The van der Waals surface area contributed by atoms with Crippen molar-refractivity contribution < 1.29 is 5.11 Å². The van der Waals surface area contributed by atoms with Crippen molar-refractivity contribution in [1.29, 1.82) is 0 Å². The molecule has 0 aromatic heterocycles. The molecule has 12 heavy (non-hydrogen) atoms. The number of nitrogens with one attached hydrogen (secondary N) is 1. The predicted molar refractivity (Wildman–Crippen MR) is 48.9 cm³/mol. The molecule has 70 valence electrons. The Bertz CT molecular complexity index is 135. The minimum absolute atomic E-state index is 0.00983. The first-order valence-corrected chi connectivity index (χ1v) is 5.25. The molecule has 2 N–H and O–H groups in total. The number of hydrogen-bond acceptors (Lipinski definition) is 2. The van der Waals surface area contributed by atoms with Crippen LogP contribution in [0.15, 0.2) is 0 Å². The van der Waals surface area contributed by atoms with Crippen LogP contribution in [0.1, 0.15) is 32.1 Å². The molecular weight excluding hydrogens is 150 g/mol. The Morgan fingerprint density at radius 2 is 1.67 bits per heavy atom. The average Bonchev–Trinajstić information content (AvgIpc) is 2.58. The summed E-state index contributed by atoms with van der Waals surface area (Å²) in [5, 5.41) is 12.8. The van der Waals surface area contributed by atoms with Crippen LogP contribution < -0.4 is 5.32 Å². The van der Waals surface area contributed by atoms with E-state index in [1.807, 2.05) is 0 Å². The van der Waals surface area contributed by atoms with Crippen LogP contribution in [-0.2, 0) is 0 Å². The monoisotopic (exact) mass is 169 g/mol. The van der Waals surface area contributed by atoms with Gasteiger partial charge in [-0.15, -0.1) is 0 Å². The van der Waals surface area contributed by atoms with Gasteiger partial charge in [0, 0.05) is 0 Å². The van der Waals surface area contributed by atoms with Crippen LogP contribution in [0.2, 0.25) is 0 Å². The predicted octanol–water partition coefficient (Wildman–Crippen LogP) is 1.15. The smallest absolute Gasteiger partial charge is 0.0540 e. The highest BCUT2D eigenvalue weighted by Gasteiger charge is 2.28. The molecule has 0 amide bonds. The van der Waals surface area contributed by atoms with E-state index in [-0.39, 0.29) is 6.10 Å². The lowest BCUT2D eigenvalue weighted by Crippen LogP contribution is -2.25. The minimum atomic E-state index is 0.00983. The molecule has 1 aliphatic carbocycles. The Kier molecular flexibility index (Phi) is 2.66. The molecule has 0 radical (unpaired) electrons. The molecule has 2 nitrogen and oxygen atoms in total. The molecular formula is C10H19NO. The molecule has 2 heteroatoms. The van der Waals surface area contributed by atoms with E-state index < -0.39 is 0 Å². The first-order chi connectivity index (χ1) is 5.86. The molecule has 2 aliphatic rings. The number of hydrogen-bond donors (Lipinski definition) is 2. The second kappa shape index (κ2) is 3.75. The van der Waals surface area contributed by atoms with Gasteiger partial charge in [0.1, 0.15) is 0 Å². The van der Waals surface area contributed by atoms with Crippen molar-refractivity contribution in [2.75, 3.05) is 13.1 Å². The van der Waals surface area contributed by atoms with Crippen molar-refractivity contribution >= 4 is 0 Å². The van der Waals surface area contributed by atoms with Gasteiger partial charge in [0.15, 0.2) is 0 Å². The van der Waals surface area contributed by atoms with Crippen LogP contribution in [0.5, 0.6) is 0 Å². The van der Waals surface area contributed by atoms with Crippen molar-refractivity contribution in [2.45, 2.75) is 38.2 Å². The molecule has 1 atom stereocenters. The Balaban J connectivity index is 1.80. The van der Waals surface area contributed by atoms with Gasteiger partial charge in [-0.05, 0) is 57.0 Å². The molecule has 1 aliphatic heterocycles. The minimum Gasteiger partial charge on any atom is -0.393 e. The van der Waals surface area contributed by atoms with Crippen LogP contribution in [0.4, 0.5) is 0 Å². The van der Waals surface area contributed by atoms with E-state index in [1.54, 1.807) is 0 Å². The van der Waals surface area contributed by atoms with Gasteiger partial charge in [-0.1, -0.05) is 0 Å². The lowest BCUT2D eigenvalue weighted by atomic mass is 9.79. The third-order valence-electron chi connectivity index (χ3n) is 3.51. The summed E-state index contributed by atoms with van der Waals surface area (Å²) >= 11 is 0. The van der Waals surface area contributed by atoms with Gasteiger partial charge in [0.25, 0.3) is 0 Å². The fourth-order valence-corrected chi connectivity index (χ4v) is 2.65. The van der Waals surface area contributed by atoms with Gasteiger partial charge in [-0.3, -0.25) is 0 Å². The molecule has 1 heterocycles. The van der Waals surface area contributed by atoms with Crippen LogP contribution in [-0.4, -0.2) is 24.3 Å². The van der Waals surface area contributed by atoms with Gasteiger partial charge < -0.3 is 10.4 Å².